The van der Waals surface area contributed by atoms with Gasteiger partial charge < -0.3 is 19.9 Å². The van der Waals surface area contributed by atoms with Crippen LogP contribution in [-0.2, 0) is 11.8 Å². The molecule has 0 saturated heterocycles. The van der Waals surface area contributed by atoms with E-state index in [0.29, 0.717) is 11.1 Å². The van der Waals surface area contributed by atoms with Gasteiger partial charge in [0.05, 0.1) is 5.92 Å². The molecule has 7 heteroatoms. The number of hydrogen-bond donors (Lipinski definition) is 2. The molecular weight excluding hydrogens is 298 g/mol. The minimum absolute atomic E-state index is 0.0938. The highest BCUT2D eigenvalue weighted by Gasteiger charge is 2.17. The third kappa shape index (κ3) is 3.68. The van der Waals surface area contributed by atoms with E-state index in [1.165, 1.54) is 23.4 Å². The molecule has 2 amide bonds. The molecule has 1 aromatic carbocycles. The van der Waals surface area contributed by atoms with Crippen LogP contribution < -0.4 is 10.9 Å². The Balaban J connectivity index is 2.18. The number of urea groups is 1. The second-order valence-corrected chi connectivity index (χ2v) is 5.58. The number of nitrogens with one attached hydrogen (secondary N) is 1. The molecule has 1 atom stereocenters. The van der Waals surface area contributed by atoms with Crippen LogP contribution in [0.15, 0.2) is 35.3 Å². The van der Waals surface area contributed by atoms with Gasteiger partial charge in [-0.1, -0.05) is 13.0 Å². The number of aryl methyl sites for hydroxylation is 1. The summed E-state index contributed by atoms with van der Waals surface area (Å²) in [6, 6.07) is 6.47. The van der Waals surface area contributed by atoms with Crippen molar-refractivity contribution in [3.05, 3.63) is 40.8 Å². The van der Waals surface area contributed by atoms with E-state index in [4.69, 9.17) is 5.11 Å². The molecule has 0 bridgehead atoms. The molecule has 0 aliphatic carbocycles. The van der Waals surface area contributed by atoms with Crippen molar-refractivity contribution in [3.8, 4) is 0 Å². The number of pyridine rings is 1. The average molecular weight is 317 g/mol. The molecular formula is C16H19N3O4. The lowest BCUT2D eigenvalue weighted by Crippen LogP contribution is -2.36. The number of amides is 2. The lowest BCUT2D eigenvalue weighted by atomic mass is 10.1. The fourth-order valence-electron chi connectivity index (χ4n) is 2.21. The Morgan fingerprint density at radius 1 is 1.35 bits per heavy atom. The second-order valence-electron chi connectivity index (χ2n) is 5.58. The van der Waals surface area contributed by atoms with Gasteiger partial charge in [0.1, 0.15) is 0 Å². The maximum absolute atomic E-state index is 12.1. The van der Waals surface area contributed by atoms with Crippen molar-refractivity contribution in [2.45, 2.75) is 6.92 Å². The van der Waals surface area contributed by atoms with Crippen molar-refractivity contribution in [1.29, 1.82) is 0 Å². The Bertz CT molecular complexity index is 813. The van der Waals surface area contributed by atoms with Crippen molar-refractivity contribution in [3.63, 3.8) is 0 Å². The van der Waals surface area contributed by atoms with Gasteiger partial charge in [-0.3, -0.25) is 9.59 Å². The monoisotopic (exact) mass is 317 g/mol. The highest BCUT2D eigenvalue weighted by molar-refractivity contribution is 5.93. The molecule has 2 aromatic rings. The van der Waals surface area contributed by atoms with Crippen molar-refractivity contribution >= 4 is 28.5 Å². The molecule has 1 unspecified atom stereocenters. The van der Waals surface area contributed by atoms with Crippen LogP contribution in [0.3, 0.4) is 0 Å². The number of carbonyl (C=O) groups is 2. The zero-order valence-corrected chi connectivity index (χ0v) is 13.2. The molecule has 122 valence electrons. The number of carboxylic acid groups (broad SMARTS) is 1. The molecule has 0 fully saturated rings. The lowest BCUT2D eigenvalue weighted by Gasteiger charge is -2.20. The number of aromatic nitrogens is 1. The third-order valence-electron chi connectivity index (χ3n) is 3.65. The Morgan fingerprint density at radius 3 is 2.70 bits per heavy atom. The van der Waals surface area contributed by atoms with Crippen LogP contribution >= 0.6 is 0 Å². The standard InChI is InChI=1S/C16H19N3O4/c1-10(15(21)22)9-19(3)16(23)17-12-5-4-11-6-7-18(2)14(20)13(11)8-12/h4-8,10H,9H2,1-3H3,(H,17,23)(H,21,22). The summed E-state index contributed by atoms with van der Waals surface area (Å²) in [6.45, 7) is 1.63. The smallest absolute Gasteiger partial charge is 0.321 e. The van der Waals surface area contributed by atoms with Crippen molar-refractivity contribution in [2.24, 2.45) is 13.0 Å². The number of anilines is 1. The zero-order valence-electron chi connectivity index (χ0n) is 13.2. The van der Waals surface area contributed by atoms with Gasteiger partial charge in [-0.05, 0) is 23.6 Å². The van der Waals surface area contributed by atoms with E-state index in [2.05, 4.69) is 5.32 Å². The number of aliphatic carboxylic acids is 1. The lowest BCUT2D eigenvalue weighted by molar-refractivity contribution is -0.141. The molecule has 2 rings (SSSR count). The van der Waals surface area contributed by atoms with Crippen LogP contribution in [0.25, 0.3) is 10.8 Å². The Labute approximate surface area is 133 Å². The topological polar surface area (TPSA) is 91.6 Å². The van der Waals surface area contributed by atoms with Crippen molar-refractivity contribution in [2.75, 3.05) is 18.9 Å². The van der Waals surface area contributed by atoms with Crippen LogP contribution in [-0.4, -0.2) is 40.2 Å². The summed E-state index contributed by atoms with van der Waals surface area (Å²) >= 11 is 0. The predicted octanol–water partition coefficient (Wildman–Crippen LogP) is 1.72. The number of carbonyl (C=O) groups excluding carboxylic acids is 1. The molecule has 0 spiro atoms. The van der Waals surface area contributed by atoms with Gasteiger partial charge in [0, 0.05) is 37.9 Å². The van der Waals surface area contributed by atoms with E-state index in [0.717, 1.165) is 5.39 Å². The first-order valence-corrected chi connectivity index (χ1v) is 7.14. The summed E-state index contributed by atoms with van der Waals surface area (Å²) in [5.41, 5.74) is 0.340. The minimum atomic E-state index is -0.959. The predicted molar refractivity (Wildman–Crippen MR) is 87.6 cm³/mol. The molecule has 0 saturated carbocycles. The molecule has 1 heterocycles. The Kier molecular flexibility index (Phi) is 4.68. The first-order chi connectivity index (χ1) is 10.8. The summed E-state index contributed by atoms with van der Waals surface area (Å²) in [4.78, 5) is 36.3. The summed E-state index contributed by atoms with van der Waals surface area (Å²) in [5, 5.41) is 12.9. The molecule has 2 N–H and O–H groups in total. The van der Waals surface area contributed by atoms with Crippen LogP contribution in [0.1, 0.15) is 6.92 Å². The summed E-state index contributed by atoms with van der Waals surface area (Å²) in [6.07, 6.45) is 1.68. The van der Waals surface area contributed by atoms with E-state index in [1.807, 2.05) is 6.07 Å². The van der Waals surface area contributed by atoms with E-state index >= 15 is 0 Å². The van der Waals surface area contributed by atoms with Crippen LogP contribution in [0.2, 0.25) is 0 Å². The maximum atomic E-state index is 12.1. The highest BCUT2D eigenvalue weighted by atomic mass is 16.4. The molecule has 0 radical (unpaired) electrons. The number of fused-ring (bicyclic) bond motifs is 1. The third-order valence-corrected chi connectivity index (χ3v) is 3.65. The number of nitrogens with zero attached hydrogens (tertiary/aromatic N) is 2. The zero-order chi connectivity index (χ0) is 17.1. The van der Waals surface area contributed by atoms with Crippen molar-refractivity contribution in [1.82, 2.24) is 9.47 Å². The van der Waals surface area contributed by atoms with E-state index < -0.39 is 17.9 Å². The number of hydrogen-bond acceptors (Lipinski definition) is 3. The van der Waals surface area contributed by atoms with Gasteiger partial charge in [-0.25, -0.2) is 4.79 Å². The maximum Gasteiger partial charge on any atom is 0.321 e. The number of carboxylic acids is 1. The summed E-state index contributed by atoms with van der Waals surface area (Å²) in [5.74, 6) is -1.62. The SMILES string of the molecule is CC(CN(C)C(=O)Nc1ccc2ccn(C)c(=O)c2c1)C(=O)O. The van der Waals surface area contributed by atoms with Crippen LogP contribution in [0.4, 0.5) is 10.5 Å². The molecule has 7 nitrogen and oxygen atoms in total. The summed E-state index contributed by atoms with van der Waals surface area (Å²) < 4.78 is 1.47. The Morgan fingerprint density at radius 2 is 2.04 bits per heavy atom. The summed E-state index contributed by atoms with van der Waals surface area (Å²) in [7, 11) is 3.18. The minimum Gasteiger partial charge on any atom is -0.481 e. The van der Waals surface area contributed by atoms with Gasteiger partial charge in [0.15, 0.2) is 0 Å². The van der Waals surface area contributed by atoms with Crippen LogP contribution in [0, 0.1) is 5.92 Å². The average Bonchev–Trinajstić information content (AvgIpc) is 2.51. The molecule has 0 aliphatic rings. The van der Waals surface area contributed by atoms with Crippen molar-refractivity contribution < 1.29 is 14.7 Å². The van der Waals surface area contributed by atoms with E-state index in [1.54, 1.807) is 31.4 Å². The number of benzene rings is 1. The van der Waals surface area contributed by atoms with Crippen LogP contribution in [0.5, 0.6) is 0 Å². The largest absolute Gasteiger partial charge is 0.481 e. The van der Waals surface area contributed by atoms with Gasteiger partial charge in [0.2, 0.25) is 0 Å². The normalized spacial score (nSPS) is 12.0. The first kappa shape index (κ1) is 16.5. The molecule has 23 heavy (non-hydrogen) atoms. The van der Waals surface area contributed by atoms with Gasteiger partial charge in [-0.15, -0.1) is 0 Å². The quantitative estimate of drug-likeness (QED) is 0.898. The van der Waals surface area contributed by atoms with E-state index in [-0.39, 0.29) is 12.1 Å². The molecule has 1 aromatic heterocycles. The Hall–Kier alpha value is -2.83. The molecule has 0 aliphatic heterocycles. The highest BCUT2D eigenvalue weighted by Crippen LogP contribution is 2.16. The van der Waals surface area contributed by atoms with Gasteiger partial charge in [-0.2, -0.15) is 0 Å². The van der Waals surface area contributed by atoms with Gasteiger partial charge >= 0.3 is 12.0 Å². The number of rotatable bonds is 4. The van der Waals surface area contributed by atoms with Gasteiger partial charge in [0.25, 0.3) is 5.56 Å². The second kappa shape index (κ2) is 6.51. The first-order valence-electron chi connectivity index (χ1n) is 7.14. The fourth-order valence-corrected chi connectivity index (χ4v) is 2.21. The van der Waals surface area contributed by atoms with E-state index in [9.17, 15) is 14.4 Å². The fraction of sp³-hybridized carbons (Fsp3) is 0.312.